The van der Waals surface area contributed by atoms with E-state index in [4.69, 9.17) is 4.52 Å². The fraction of sp³-hybridized carbons (Fsp3) is 0.619. The number of halogens is 3. The number of aromatic nitrogens is 2. The second-order valence-electron chi connectivity index (χ2n) is 8.34. The molecule has 0 spiro atoms. The van der Waals surface area contributed by atoms with E-state index in [1.54, 1.807) is 0 Å². The minimum absolute atomic E-state index is 0.325. The summed E-state index contributed by atoms with van der Waals surface area (Å²) in [5.41, 5.74) is -0.165. The lowest BCUT2D eigenvalue weighted by atomic mass is 9.95. The van der Waals surface area contributed by atoms with Gasteiger partial charge in [0, 0.05) is 31.2 Å². The molecule has 1 aromatic carbocycles. The summed E-state index contributed by atoms with van der Waals surface area (Å²) in [6.07, 6.45) is 0.586. The lowest BCUT2D eigenvalue weighted by Gasteiger charge is -2.41. The molecule has 2 aliphatic heterocycles. The van der Waals surface area contributed by atoms with Gasteiger partial charge in [-0.15, -0.1) is 0 Å². The number of piperidine rings is 2. The molecule has 5 nitrogen and oxygen atoms in total. The summed E-state index contributed by atoms with van der Waals surface area (Å²) in [5.74, 6) is 1.62. The highest BCUT2D eigenvalue weighted by Crippen LogP contribution is 2.30. The summed E-state index contributed by atoms with van der Waals surface area (Å²) in [5, 5.41) is 3.94. The van der Waals surface area contributed by atoms with Crippen molar-refractivity contribution < 1.29 is 17.7 Å². The number of hydrogen-bond acceptors (Lipinski definition) is 5. The number of alkyl halides is 3. The summed E-state index contributed by atoms with van der Waals surface area (Å²) >= 11 is 0. The Morgan fingerprint density at radius 3 is 2.45 bits per heavy atom. The van der Waals surface area contributed by atoms with E-state index >= 15 is 0 Å². The zero-order valence-electron chi connectivity index (χ0n) is 16.7. The molecule has 4 rings (SSSR count). The van der Waals surface area contributed by atoms with Gasteiger partial charge in [0.15, 0.2) is 0 Å². The van der Waals surface area contributed by atoms with E-state index in [2.05, 4.69) is 26.9 Å². The van der Waals surface area contributed by atoms with E-state index in [1.165, 1.54) is 38.1 Å². The molecule has 0 aliphatic carbocycles. The fourth-order valence-corrected chi connectivity index (χ4v) is 4.44. The predicted octanol–water partition coefficient (Wildman–Crippen LogP) is 4.45. The first-order chi connectivity index (χ1) is 13.9. The number of hydrogen-bond donors (Lipinski definition) is 0. The van der Waals surface area contributed by atoms with Crippen molar-refractivity contribution in [3.63, 3.8) is 0 Å². The third-order valence-electron chi connectivity index (χ3n) is 6.06. The first-order valence-corrected chi connectivity index (χ1v) is 10.3. The molecule has 2 saturated heterocycles. The van der Waals surface area contributed by atoms with E-state index in [-0.39, 0.29) is 0 Å². The van der Waals surface area contributed by atoms with Crippen molar-refractivity contribution in [2.75, 3.05) is 26.2 Å². The van der Waals surface area contributed by atoms with Gasteiger partial charge in [0.2, 0.25) is 11.7 Å². The smallest absolute Gasteiger partial charge is 0.338 e. The molecule has 29 heavy (non-hydrogen) atoms. The molecule has 0 N–H and O–H groups in total. The van der Waals surface area contributed by atoms with Gasteiger partial charge in [-0.05, 0) is 50.3 Å². The third-order valence-corrected chi connectivity index (χ3v) is 6.06. The van der Waals surface area contributed by atoms with Crippen molar-refractivity contribution in [2.24, 2.45) is 5.92 Å². The SMILES string of the molecule is CC1CCCN(C2CCN(Cc3nc(-c4ccc(C(F)(F)F)cc4)no3)CC2)C1. The van der Waals surface area contributed by atoms with Crippen molar-refractivity contribution in [2.45, 2.75) is 51.4 Å². The molecule has 1 atom stereocenters. The molecule has 3 heterocycles. The van der Waals surface area contributed by atoms with Gasteiger partial charge in [0.25, 0.3) is 0 Å². The van der Waals surface area contributed by atoms with E-state index in [1.807, 2.05) is 0 Å². The van der Waals surface area contributed by atoms with Gasteiger partial charge in [0.1, 0.15) is 0 Å². The third kappa shape index (κ3) is 4.98. The highest BCUT2D eigenvalue weighted by molar-refractivity contribution is 5.54. The highest BCUT2D eigenvalue weighted by atomic mass is 19.4. The zero-order chi connectivity index (χ0) is 20.4. The summed E-state index contributed by atoms with van der Waals surface area (Å²) in [6, 6.07) is 5.50. The van der Waals surface area contributed by atoms with E-state index in [0.29, 0.717) is 29.9 Å². The van der Waals surface area contributed by atoms with Gasteiger partial charge in [-0.2, -0.15) is 18.2 Å². The molecule has 0 saturated carbocycles. The maximum absolute atomic E-state index is 12.7. The Bertz CT molecular complexity index is 797. The average Bonchev–Trinajstić information content (AvgIpc) is 3.16. The van der Waals surface area contributed by atoms with Gasteiger partial charge in [0.05, 0.1) is 12.1 Å². The monoisotopic (exact) mass is 408 g/mol. The predicted molar refractivity (Wildman–Crippen MR) is 103 cm³/mol. The first kappa shape index (κ1) is 20.3. The number of likely N-dealkylation sites (tertiary alicyclic amines) is 2. The number of rotatable bonds is 4. The molecular formula is C21H27F3N4O. The van der Waals surface area contributed by atoms with Gasteiger partial charge in [-0.3, -0.25) is 4.90 Å². The second kappa shape index (κ2) is 8.44. The van der Waals surface area contributed by atoms with E-state index < -0.39 is 11.7 Å². The second-order valence-corrected chi connectivity index (χ2v) is 8.34. The normalized spacial score (nSPS) is 22.8. The van der Waals surface area contributed by atoms with Crippen molar-refractivity contribution in [1.29, 1.82) is 0 Å². The highest BCUT2D eigenvalue weighted by Gasteiger charge is 2.30. The maximum Gasteiger partial charge on any atom is 0.416 e. The van der Waals surface area contributed by atoms with Gasteiger partial charge in [-0.25, -0.2) is 0 Å². The summed E-state index contributed by atoms with van der Waals surface area (Å²) in [4.78, 5) is 9.34. The molecule has 158 valence electrons. The van der Waals surface area contributed by atoms with Crippen LogP contribution in [0, 0.1) is 5.92 Å². The lowest BCUT2D eigenvalue weighted by Crippen LogP contribution is -2.48. The molecule has 1 aromatic heterocycles. The molecule has 0 bridgehead atoms. The Hall–Kier alpha value is -1.93. The van der Waals surface area contributed by atoms with Gasteiger partial charge in [-0.1, -0.05) is 24.2 Å². The largest absolute Gasteiger partial charge is 0.416 e. The van der Waals surface area contributed by atoms with Crippen molar-refractivity contribution in [3.05, 3.63) is 35.7 Å². The molecule has 2 fully saturated rings. The Morgan fingerprint density at radius 2 is 1.79 bits per heavy atom. The minimum atomic E-state index is -4.35. The van der Waals surface area contributed by atoms with Crippen LogP contribution >= 0.6 is 0 Å². The van der Waals surface area contributed by atoms with Crippen LogP contribution < -0.4 is 0 Å². The van der Waals surface area contributed by atoms with Crippen LogP contribution in [0.15, 0.2) is 28.8 Å². The van der Waals surface area contributed by atoms with Crippen LogP contribution in [0.1, 0.15) is 44.1 Å². The molecular weight excluding hydrogens is 381 g/mol. The van der Waals surface area contributed by atoms with Crippen molar-refractivity contribution >= 4 is 0 Å². The Morgan fingerprint density at radius 1 is 1.07 bits per heavy atom. The number of nitrogens with zero attached hydrogens (tertiary/aromatic N) is 4. The van der Waals surface area contributed by atoms with Crippen LogP contribution in [-0.4, -0.2) is 52.2 Å². The van der Waals surface area contributed by atoms with Crippen LogP contribution in [0.25, 0.3) is 11.4 Å². The van der Waals surface area contributed by atoms with Crippen LogP contribution in [0.5, 0.6) is 0 Å². The standard InChI is InChI=1S/C21H27F3N4O/c1-15-3-2-10-28(13-15)18-8-11-27(12-9-18)14-19-25-20(26-29-19)16-4-6-17(7-5-16)21(22,23)24/h4-7,15,18H,2-3,8-14H2,1H3. The average molecular weight is 408 g/mol. The van der Waals surface area contributed by atoms with Crippen LogP contribution in [-0.2, 0) is 12.7 Å². The molecule has 0 amide bonds. The Labute approximate surface area is 168 Å². The summed E-state index contributed by atoms with van der Waals surface area (Å²) < 4.78 is 43.4. The quantitative estimate of drug-likeness (QED) is 0.748. The van der Waals surface area contributed by atoms with Crippen molar-refractivity contribution in [3.8, 4) is 11.4 Å². The number of benzene rings is 1. The van der Waals surface area contributed by atoms with Gasteiger partial charge >= 0.3 is 6.18 Å². The van der Waals surface area contributed by atoms with E-state index in [0.717, 1.165) is 44.0 Å². The topological polar surface area (TPSA) is 45.4 Å². The van der Waals surface area contributed by atoms with Gasteiger partial charge < -0.3 is 9.42 Å². The van der Waals surface area contributed by atoms with E-state index in [9.17, 15) is 13.2 Å². The zero-order valence-corrected chi connectivity index (χ0v) is 16.7. The molecule has 1 unspecified atom stereocenters. The maximum atomic E-state index is 12.7. The molecule has 8 heteroatoms. The van der Waals surface area contributed by atoms with Crippen molar-refractivity contribution in [1.82, 2.24) is 19.9 Å². The Balaban J connectivity index is 1.31. The van der Waals surface area contributed by atoms with Crippen LogP contribution in [0.2, 0.25) is 0 Å². The molecule has 2 aromatic rings. The Kier molecular flexibility index (Phi) is 5.92. The lowest BCUT2D eigenvalue weighted by molar-refractivity contribution is -0.137. The summed E-state index contributed by atoms with van der Waals surface area (Å²) in [7, 11) is 0. The summed E-state index contributed by atoms with van der Waals surface area (Å²) in [6.45, 7) is 7.34. The fourth-order valence-electron chi connectivity index (χ4n) is 4.44. The first-order valence-electron chi connectivity index (χ1n) is 10.3. The molecule has 0 radical (unpaired) electrons. The van der Waals surface area contributed by atoms with Crippen LogP contribution in [0.3, 0.4) is 0 Å². The molecule has 2 aliphatic rings. The minimum Gasteiger partial charge on any atom is -0.338 e. The van der Waals surface area contributed by atoms with Crippen LogP contribution in [0.4, 0.5) is 13.2 Å².